The number of piperidine rings is 1. The fraction of sp³-hybridized carbons (Fsp3) is 0.611. The molecular weight excluding hydrogens is 311 g/mol. The Morgan fingerprint density at radius 2 is 2.00 bits per heavy atom. The van der Waals surface area contributed by atoms with Crippen molar-refractivity contribution in [1.82, 2.24) is 9.80 Å². The van der Waals surface area contributed by atoms with E-state index in [2.05, 4.69) is 0 Å². The third-order valence-corrected chi connectivity index (χ3v) is 5.07. The van der Waals surface area contributed by atoms with Crippen LogP contribution < -0.4 is 0 Å². The number of rotatable bonds is 3. The van der Waals surface area contributed by atoms with Gasteiger partial charge in [0.15, 0.2) is 0 Å². The van der Waals surface area contributed by atoms with Gasteiger partial charge in [0.2, 0.25) is 5.91 Å². The maximum absolute atomic E-state index is 14.4. The number of nitrogens with zero attached hydrogens (tertiary/aromatic N) is 2. The van der Waals surface area contributed by atoms with Crippen molar-refractivity contribution in [3.05, 3.63) is 35.6 Å². The highest BCUT2D eigenvalue weighted by molar-refractivity contribution is 5.83. The van der Waals surface area contributed by atoms with Crippen molar-refractivity contribution in [3.63, 3.8) is 0 Å². The first-order valence-electron chi connectivity index (χ1n) is 8.61. The molecule has 132 valence electrons. The summed E-state index contributed by atoms with van der Waals surface area (Å²) in [5.74, 6) is -0.314. The number of benzene rings is 1. The monoisotopic (exact) mass is 336 g/mol. The van der Waals surface area contributed by atoms with Crippen molar-refractivity contribution in [3.8, 4) is 0 Å². The van der Waals surface area contributed by atoms with E-state index in [1.807, 2.05) is 11.8 Å². The number of β-amino-alcohol motifs (C(OH)–C–C–N with tert-alkyl or cyclic N) is 1. The molecule has 0 bridgehead atoms. The van der Waals surface area contributed by atoms with Gasteiger partial charge in [0.25, 0.3) is 0 Å². The molecule has 0 aliphatic carbocycles. The SMILES string of the molecule is CC1CCN(C(=O)C(c2ccccc2F)N2CCOCC2)CC1O. The lowest BCUT2D eigenvalue weighted by molar-refractivity contribution is -0.143. The average Bonchev–Trinajstić information content (AvgIpc) is 2.60. The Morgan fingerprint density at radius 3 is 2.67 bits per heavy atom. The molecule has 2 fully saturated rings. The second-order valence-corrected chi connectivity index (χ2v) is 6.69. The highest BCUT2D eigenvalue weighted by atomic mass is 19.1. The van der Waals surface area contributed by atoms with Crippen molar-refractivity contribution >= 4 is 5.91 Å². The molecule has 6 heteroatoms. The van der Waals surface area contributed by atoms with E-state index in [-0.39, 0.29) is 17.6 Å². The summed E-state index contributed by atoms with van der Waals surface area (Å²) in [5, 5.41) is 10.1. The number of hydrogen-bond donors (Lipinski definition) is 1. The van der Waals surface area contributed by atoms with Crippen LogP contribution in [0.15, 0.2) is 24.3 Å². The summed E-state index contributed by atoms with van der Waals surface area (Å²) >= 11 is 0. The molecule has 2 heterocycles. The van der Waals surface area contributed by atoms with Crippen molar-refractivity contribution < 1.29 is 19.0 Å². The Bertz CT molecular complexity index is 577. The molecule has 1 aromatic carbocycles. The van der Waals surface area contributed by atoms with Gasteiger partial charge in [-0.1, -0.05) is 25.1 Å². The summed E-state index contributed by atoms with van der Waals surface area (Å²) in [6.07, 6.45) is 0.244. The smallest absolute Gasteiger partial charge is 0.244 e. The zero-order valence-electron chi connectivity index (χ0n) is 14.0. The second-order valence-electron chi connectivity index (χ2n) is 6.69. The lowest BCUT2D eigenvalue weighted by Crippen LogP contribution is -2.52. The van der Waals surface area contributed by atoms with E-state index in [1.165, 1.54) is 6.07 Å². The van der Waals surface area contributed by atoms with E-state index in [0.717, 1.165) is 6.42 Å². The number of likely N-dealkylation sites (tertiary alicyclic amines) is 1. The third-order valence-electron chi connectivity index (χ3n) is 5.07. The van der Waals surface area contributed by atoms with Crippen LogP contribution >= 0.6 is 0 Å². The van der Waals surface area contributed by atoms with Gasteiger partial charge in [-0.25, -0.2) is 4.39 Å². The first-order valence-corrected chi connectivity index (χ1v) is 8.61. The molecule has 1 aromatic rings. The van der Waals surface area contributed by atoms with Gasteiger partial charge in [0.1, 0.15) is 11.9 Å². The van der Waals surface area contributed by atoms with Crippen LogP contribution in [0.25, 0.3) is 0 Å². The van der Waals surface area contributed by atoms with E-state index in [1.54, 1.807) is 23.1 Å². The Morgan fingerprint density at radius 1 is 1.29 bits per heavy atom. The molecule has 0 radical (unpaired) electrons. The van der Waals surface area contributed by atoms with Crippen LogP contribution in [0.5, 0.6) is 0 Å². The zero-order valence-corrected chi connectivity index (χ0v) is 14.0. The summed E-state index contributed by atoms with van der Waals surface area (Å²) < 4.78 is 19.8. The minimum atomic E-state index is -0.657. The van der Waals surface area contributed by atoms with Gasteiger partial charge in [-0.15, -0.1) is 0 Å². The van der Waals surface area contributed by atoms with Gasteiger partial charge in [-0.05, 0) is 18.4 Å². The van der Waals surface area contributed by atoms with Gasteiger partial charge < -0.3 is 14.7 Å². The zero-order chi connectivity index (χ0) is 17.1. The van der Waals surface area contributed by atoms with E-state index in [4.69, 9.17) is 4.74 Å². The number of morpholine rings is 1. The summed E-state index contributed by atoms with van der Waals surface area (Å²) in [7, 11) is 0. The van der Waals surface area contributed by atoms with E-state index in [0.29, 0.717) is 45.0 Å². The fourth-order valence-electron chi connectivity index (χ4n) is 3.44. The van der Waals surface area contributed by atoms with Crippen molar-refractivity contribution in [2.75, 3.05) is 39.4 Å². The first-order chi connectivity index (χ1) is 11.6. The van der Waals surface area contributed by atoms with Gasteiger partial charge >= 0.3 is 0 Å². The van der Waals surface area contributed by atoms with Crippen LogP contribution in [0.2, 0.25) is 0 Å². The largest absolute Gasteiger partial charge is 0.391 e. The molecule has 3 atom stereocenters. The number of carbonyl (C=O) groups excluding carboxylic acids is 1. The molecule has 1 N–H and O–H groups in total. The Labute approximate surface area is 142 Å². The molecule has 1 amide bonds. The van der Waals surface area contributed by atoms with Crippen molar-refractivity contribution in [2.45, 2.75) is 25.5 Å². The van der Waals surface area contributed by atoms with Crippen LogP contribution in [-0.2, 0) is 9.53 Å². The summed E-state index contributed by atoms with van der Waals surface area (Å²) in [5.41, 5.74) is 0.400. The second kappa shape index (κ2) is 7.59. The number of halogens is 1. The number of hydrogen-bond acceptors (Lipinski definition) is 4. The summed E-state index contributed by atoms with van der Waals surface area (Å²) in [6.45, 7) is 5.18. The maximum atomic E-state index is 14.4. The van der Waals surface area contributed by atoms with Gasteiger partial charge in [0, 0.05) is 31.7 Å². The Hall–Kier alpha value is -1.50. The first kappa shape index (κ1) is 17.3. The minimum absolute atomic E-state index is 0.132. The van der Waals surface area contributed by atoms with Crippen LogP contribution in [0.1, 0.15) is 24.9 Å². The molecule has 24 heavy (non-hydrogen) atoms. The third kappa shape index (κ3) is 3.61. The predicted molar refractivity (Wildman–Crippen MR) is 87.9 cm³/mol. The molecule has 0 saturated carbocycles. The summed E-state index contributed by atoms with van der Waals surface area (Å²) in [4.78, 5) is 16.8. The number of aliphatic hydroxyl groups is 1. The van der Waals surface area contributed by atoms with Crippen molar-refractivity contribution in [1.29, 1.82) is 0 Å². The molecule has 0 aromatic heterocycles. The lowest BCUT2D eigenvalue weighted by atomic mass is 9.94. The van der Waals surface area contributed by atoms with Gasteiger partial charge in [0.05, 0.1) is 19.3 Å². The van der Waals surface area contributed by atoms with E-state index >= 15 is 0 Å². The van der Waals surface area contributed by atoms with E-state index < -0.39 is 12.1 Å². The number of amides is 1. The van der Waals surface area contributed by atoms with Gasteiger partial charge in [-0.2, -0.15) is 0 Å². The number of carbonyl (C=O) groups is 1. The van der Waals surface area contributed by atoms with Crippen LogP contribution in [-0.4, -0.2) is 66.3 Å². The highest BCUT2D eigenvalue weighted by Gasteiger charge is 2.36. The topological polar surface area (TPSA) is 53.0 Å². The molecule has 3 unspecified atom stereocenters. The predicted octanol–water partition coefficient (Wildman–Crippen LogP) is 1.43. The number of aliphatic hydroxyl groups excluding tert-OH is 1. The Kier molecular flexibility index (Phi) is 5.48. The summed E-state index contributed by atoms with van der Waals surface area (Å²) in [6, 6.07) is 5.80. The molecule has 3 rings (SSSR count). The maximum Gasteiger partial charge on any atom is 0.244 e. The lowest BCUT2D eigenvalue weighted by Gasteiger charge is -2.40. The molecule has 2 aliphatic rings. The van der Waals surface area contributed by atoms with E-state index in [9.17, 15) is 14.3 Å². The van der Waals surface area contributed by atoms with Crippen LogP contribution in [0.3, 0.4) is 0 Å². The number of ether oxygens (including phenoxy) is 1. The fourth-order valence-corrected chi connectivity index (χ4v) is 3.44. The minimum Gasteiger partial charge on any atom is -0.391 e. The van der Waals surface area contributed by atoms with Crippen molar-refractivity contribution in [2.24, 2.45) is 5.92 Å². The molecule has 5 nitrogen and oxygen atoms in total. The van der Waals surface area contributed by atoms with Crippen LogP contribution in [0.4, 0.5) is 4.39 Å². The Balaban J connectivity index is 1.86. The quantitative estimate of drug-likeness (QED) is 0.907. The molecule has 0 spiro atoms. The average molecular weight is 336 g/mol. The highest BCUT2D eigenvalue weighted by Crippen LogP contribution is 2.28. The molecule has 2 aliphatic heterocycles. The molecular formula is C18H25FN2O3. The standard InChI is InChI=1S/C18H25FN2O3/c1-13-6-7-21(12-16(13)22)18(23)17(20-8-10-24-11-9-20)14-4-2-3-5-15(14)19/h2-5,13,16-17,22H,6-12H2,1H3. The normalized spacial score (nSPS) is 27.0. The van der Waals surface area contributed by atoms with Crippen LogP contribution in [0, 0.1) is 11.7 Å². The molecule has 2 saturated heterocycles. The van der Waals surface area contributed by atoms with Gasteiger partial charge in [-0.3, -0.25) is 9.69 Å².